The van der Waals surface area contributed by atoms with Gasteiger partial charge in [0.05, 0.1) is 16.7 Å². The molecule has 1 saturated carbocycles. The van der Waals surface area contributed by atoms with Crippen LogP contribution >= 0.6 is 0 Å². The molecule has 1 aliphatic heterocycles. The van der Waals surface area contributed by atoms with Crippen LogP contribution in [0.4, 0.5) is 0 Å². The average Bonchev–Trinajstić information content (AvgIpc) is 3.30. The number of nitrogens with zero attached hydrogens (tertiary/aromatic N) is 2. The zero-order chi connectivity index (χ0) is 14.4. The number of aromatic nitrogens is 2. The van der Waals surface area contributed by atoms with E-state index in [9.17, 15) is 4.79 Å². The fraction of sp³-hybridized carbons (Fsp3) is 0.412. The van der Waals surface area contributed by atoms with Crippen LogP contribution in [0, 0.1) is 0 Å². The molecule has 2 aromatic rings. The SMILES string of the molecule is CN1CCc2nc(C3(c4ccccc4)CC3)[nH]c(=O)c2C1. The monoisotopic (exact) mass is 281 g/mol. The van der Waals surface area contributed by atoms with Crippen molar-refractivity contribution in [1.82, 2.24) is 14.9 Å². The summed E-state index contributed by atoms with van der Waals surface area (Å²) in [6.45, 7) is 1.68. The lowest BCUT2D eigenvalue weighted by Crippen LogP contribution is -2.34. The first-order valence-corrected chi connectivity index (χ1v) is 7.56. The summed E-state index contributed by atoms with van der Waals surface area (Å²) in [5.74, 6) is 0.863. The summed E-state index contributed by atoms with van der Waals surface area (Å²) in [4.78, 5) is 22.5. The van der Waals surface area contributed by atoms with Gasteiger partial charge in [-0.25, -0.2) is 4.98 Å². The van der Waals surface area contributed by atoms with Gasteiger partial charge in [0, 0.05) is 19.5 Å². The van der Waals surface area contributed by atoms with Gasteiger partial charge in [0.25, 0.3) is 5.56 Å². The van der Waals surface area contributed by atoms with Crippen LogP contribution in [0.15, 0.2) is 35.1 Å². The highest BCUT2D eigenvalue weighted by Crippen LogP contribution is 2.51. The average molecular weight is 281 g/mol. The van der Waals surface area contributed by atoms with Crippen LogP contribution in [0.2, 0.25) is 0 Å². The Morgan fingerprint density at radius 2 is 2.00 bits per heavy atom. The van der Waals surface area contributed by atoms with E-state index in [0.717, 1.165) is 42.9 Å². The van der Waals surface area contributed by atoms with Crippen molar-refractivity contribution < 1.29 is 0 Å². The predicted octanol–water partition coefficient (Wildman–Crippen LogP) is 1.84. The molecule has 1 fully saturated rings. The maximum Gasteiger partial charge on any atom is 0.255 e. The van der Waals surface area contributed by atoms with Crippen LogP contribution in [0.25, 0.3) is 0 Å². The van der Waals surface area contributed by atoms with Crippen molar-refractivity contribution in [2.24, 2.45) is 0 Å². The summed E-state index contributed by atoms with van der Waals surface area (Å²) >= 11 is 0. The second-order valence-electron chi connectivity index (χ2n) is 6.28. The fourth-order valence-corrected chi connectivity index (χ4v) is 3.33. The van der Waals surface area contributed by atoms with E-state index in [0.29, 0.717) is 6.54 Å². The van der Waals surface area contributed by atoms with Gasteiger partial charge in [-0.3, -0.25) is 4.79 Å². The third kappa shape index (κ3) is 2.02. The van der Waals surface area contributed by atoms with Crippen LogP contribution < -0.4 is 5.56 Å². The second kappa shape index (κ2) is 4.53. The quantitative estimate of drug-likeness (QED) is 0.913. The van der Waals surface area contributed by atoms with Crippen LogP contribution in [0.3, 0.4) is 0 Å². The first-order valence-electron chi connectivity index (χ1n) is 7.56. The van der Waals surface area contributed by atoms with Gasteiger partial charge >= 0.3 is 0 Å². The van der Waals surface area contributed by atoms with Gasteiger partial charge in [0.2, 0.25) is 0 Å². The molecular weight excluding hydrogens is 262 g/mol. The molecule has 4 rings (SSSR count). The van der Waals surface area contributed by atoms with Gasteiger partial charge in [-0.2, -0.15) is 0 Å². The minimum absolute atomic E-state index is 0.0451. The third-order valence-corrected chi connectivity index (χ3v) is 4.79. The van der Waals surface area contributed by atoms with Gasteiger partial charge in [-0.05, 0) is 25.5 Å². The molecule has 1 aromatic heterocycles. The Hall–Kier alpha value is -1.94. The van der Waals surface area contributed by atoms with Crippen LogP contribution in [-0.4, -0.2) is 28.5 Å². The maximum atomic E-state index is 12.4. The maximum absolute atomic E-state index is 12.4. The molecule has 1 N–H and O–H groups in total. The van der Waals surface area contributed by atoms with Crippen LogP contribution in [0.1, 0.15) is 35.5 Å². The Kier molecular flexibility index (Phi) is 2.76. The molecule has 0 bridgehead atoms. The molecule has 21 heavy (non-hydrogen) atoms. The number of fused-ring (bicyclic) bond motifs is 1. The van der Waals surface area contributed by atoms with E-state index < -0.39 is 0 Å². The summed E-state index contributed by atoms with van der Waals surface area (Å²) in [5, 5.41) is 0. The second-order valence-corrected chi connectivity index (χ2v) is 6.28. The Labute approximate surface area is 123 Å². The standard InChI is InChI=1S/C17H19N3O/c1-20-10-7-14-13(11-20)15(21)19-16(18-14)17(8-9-17)12-5-3-2-4-6-12/h2-6H,7-11H2,1H3,(H,18,19,21). The molecule has 0 spiro atoms. The molecule has 4 heteroatoms. The number of likely N-dealkylation sites (N-methyl/N-ethyl adjacent to an activating group) is 1. The summed E-state index contributed by atoms with van der Waals surface area (Å²) in [5.41, 5.74) is 3.09. The van der Waals surface area contributed by atoms with E-state index in [4.69, 9.17) is 4.98 Å². The number of nitrogens with one attached hydrogen (secondary N) is 1. The molecule has 4 nitrogen and oxygen atoms in total. The van der Waals surface area contributed by atoms with E-state index in [2.05, 4.69) is 34.1 Å². The molecule has 0 atom stereocenters. The Balaban J connectivity index is 1.81. The van der Waals surface area contributed by atoms with Crippen LogP contribution in [-0.2, 0) is 18.4 Å². The predicted molar refractivity (Wildman–Crippen MR) is 81.4 cm³/mol. The number of rotatable bonds is 2. The lowest BCUT2D eigenvalue weighted by Gasteiger charge is -2.25. The Bertz CT molecular complexity index is 731. The number of hydrogen-bond acceptors (Lipinski definition) is 3. The number of H-pyrrole nitrogens is 1. The minimum Gasteiger partial charge on any atom is -0.310 e. The smallest absolute Gasteiger partial charge is 0.255 e. The van der Waals surface area contributed by atoms with Gasteiger partial charge in [-0.1, -0.05) is 30.3 Å². The molecule has 0 amide bonds. The van der Waals surface area contributed by atoms with E-state index in [-0.39, 0.29) is 11.0 Å². The van der Waals surface area contributed by atoms with Crippen molar-refractivity contribution in [3.8, 4) is 0 Å². The molecule has 108 valence electrons. The zero-order valence-electron chi connectivity index (χ0n) is 12.2. The van der Waals surface area contributed by atoms with E-state index in [1.165, 1.54) is 5.56 Å². The highest BCUT2D eigenvalue weighted by Gasteiger charge is 2.48. The van der Waals surface area contributed by atoms with Gasteiger partial charge in [-0.15, -0.1) is 0 Å². The minimum atomic E-state index is -0.0567. The molecule has 1 aromatic carbocycles. The van der Waals surface area contributed by atoms with Gasteiger partial charge in [0.1, 0.15) is 5.82 Å². The van der Waals surface area contributed by atoms with Gasteiger partial charge < -0.3 is 9.88 Å². The first-order chi connectivity index (χ1) is 10.2. The zero-order valence-corrected chi connectivity index (χ0v) is 12.2. The van der Waals surface area contributed by atoms with Crippen molar-refractivity contribution in [2.45, 2.75) is 31.2 Å². The van der Waals surface area contributed by atoms with E-state index in [1.54, 1.807) is 0 Å². The highest BCUT2D eigenvalue weighted by molar-refractivity contribution is 5.40. The lowest BCUT2D eigenvalue weighted by atomic mass is 9.94. The Morgan fingerprint density at radius 1 is 1.24 bits per heavy atom. The van der Waals surface area contributed by atoms with Gasteiger partial charge in [0.15, 0.2) is 0 Å². The largest absolute Gasteiger partial charge is 0.310 e. The lowest BCUT2D eigenvalue weighted by molar-refractivity contribution is 0.306. The number of benzene rings is 1. The Morgan fingerprint density at radius 3 is 2.71 bits per heavy atom. The molecule has 2 aliphatic rings. The number of hydrogen-bond donors (Lipinski definition) is 1. The van der Waals surface area contributed by atoms with Crippen molar-refractivity contribution >= 4 is 0 Å². The highest BCUT2D eigenvalue weighted by atomic mass is 16.1. The summed E-state index contributed by atoms with van der Waals surface area (Å²) < 4.78 is 0. The molecular formula is C17H19N3O. The fourth-order valence-electron chi connectivity index (χ4n) is 3.33. The molecule has 0 unspecified atom stereocenters. The third-order valence-electron chi connectivity index (χ3n) is 4.79. The first kappa shape index (κ1) is 12.8. The molecule has 0 radical (unpaired) electrons. The van der Waals surface area contributed by atoms with E-state index in [1.807, 2.05) is 13.1 Å². The van der Waals surface area contributed by atoms with E-state index >= 15 is 0 Å². The summed E-state index contributed by atoms with van der Waals surface area (Å²) in [7, 11) is 2.04. The number of aromatic amines is 1. The van der Waals surface area contributed by atoms with Crippen molar-refractivity contribution in [3.63, 3.8) is 0 Å². The normalized spacial score (nSPS) is 20.0. The van der Waals surface area contributed by atoms with Crippen LogP contribution in [0.5, 0.6) is 0 Å². The topological polar surface area (TPSA) is 49.0 Å². The molecule has 0 saturated heterocycles. The molecule has 2 heterocycles. The van der Waals surface area contributed by atoms with Crippen molar-refractivity contribution in [2.75, 3.05) is 13.6 Å². The molecule has 1 aliphatic carbocycles. The van der Waals surface area contributed by atoms with Crippen molar-refractivity contribution in [1.29, 1.82) is 0 Å². The van der Waals surface area contributed by atoms with Crippen molar-refractivity contribution in [3.05, 3.63) is 63.3 Å². The summed E-state index contributed by atoms with van der Waals surface area (Å²) in [6, 6.07) is 10.4. The summed E-state index contributed by atoms with van der Waals surface area (Å²) in [6.07, 6.45) is 3.00.